The summed E-state index contributed by atoms with van der Waals surface area (Å²) in [7, 11) is 0. The van der Waals surface area contributed by atoms with Gasteiger partial charge in [-0.1, -0.05) is 12.1 Å². The van der Waals surface area contributed by atoms with Gasteiger partial charge in [-0.05, 0) is 26.7 Å². The number of aryl methyl sites for hydroxylation is 2. The molecular formula is C15H25N3O2. The third kappa shape index (κ3) is 3.60. The van der Waals surface area contributed by atoms with Crippen LogP contribution in [0.15, 0.2) is 4.52 Å². The molecule has 1 aromatic heterocycles. The molecule has 1 saturated heterocycles. The first-order chi connectivity index (χ1) is 9.61. The molecule has 0 radical (unpaired) electrons. The van der Waals surface area contributed by atoms with Crippen LogP contribution in [0.1, 0.15) is 43.2 Å². The van der Waals surface area contributed by atoms with Gasteiger partial charge in [0.1, 0.15) is 5.76 Å². The molecule has 1 aliphatic heterocycles. The lowest BCUT2D eigenvalue weighted by molar-refractivity contribution is -0.131. The molecule has 5 heteroatoms. The van der Waals surface area contributed by atoms with Crippen LogP contribution >= 0.6 is 0 Å². The van der Waals surface area contributed by atoms with Crippen LogP contribution in [0, 0.1) is 13.8 Å². The second-order valence-electron chi connectivity index (χ2n) is 5.56. The average molecular weight is 279 g/mol. The molecule has 5 nitrogen and oxygen atoms in total. The molecule has 2 heterocycles. The van der Waals surface area contributed by atoms with Gasteiger partial charge in [0.05, 0.1) is 5.69 Å². The number of aromatic nitrogens is 1. The van der Waals surface area contributed by atoms with E-state index >= 15 is 0 Å². The number of nitrogens with zero attached hydrogens (tertiary/aromatic N) is 3. The van der Waals surface area contributed by atoms with Gasteiger partial charge >= 0.3 is 0 Å². The van der Waals surface area contributed by atoms with Gasteiger partial charge in [-0.2, -0.15) is 0 Å². The number of hydrogen-bond donors (Lipinski definition) is 0. The van der Waals surface area contributed by atoms with Gasteiger partial charge in [-0.15, -0.1) is 0 Å². The Labute approximate surface area is 120 Å². The zero-order valence-electron chi connectivity index (χ0n) is 12.8. The summed E-state index contributed by atoms with van der Waals surface area (Å²) in [6.07, 6.45) is 2.64. The lowest BCUT2D eigenvalue weighted by atomic mass is 10.2. The van der Waals surface area contributed by atoms with Crippen molar-refractivity contribution in [3.8, 4) is 0 Å². The summed E-state index contributed by atoms with van der Waals surface area (Å²) in [5.41, 5.74) is 2.17. The molecule has 0 aliphatic carbocycles. The maximum Gasteiger partial charge on any atom is 0.222 e. The normalized spacial score (nSPS) is 17.2. The Morgan fingerprint density at radius 3 is 2.70 bits per heavy atom. The highest BCUT2D eigenvalue weighted by atomic mass is 16.5. The van der Waals surface area contributed by atoms with Crippen LogP contribution in [-0.2, 0) is 11.3 Å². The van der Waals surface area contributed by atoms with E-state index in [0.29, 0.717) is 12.3 Å². The van der Waals surface area contributed by atoms with E-state index in [1.54, 1.807) is 0 Å². The number of carbonyl (C=O) groups excluding carboxylic acids is 1. The van der Waals surface area contributed by atoms with Gasteiger partial charge in [-0.25, -0.2) is 0 Å². The second kappa shape index (κ2) is 6.88. The molecule has 0 aromatic carbocycles. The highest BCUT2D eigenvalue weighted by Crippen LogP contribution is 2.16. The Bertz CT molecular complexity index is 436. The predicted octanol–water partition coefficient (Wildman–Crippen LogP) is 2.13. The highest BCUT2D eigenvalue weighted by Gasteiger charge is 2.20. The fraction of sp³-hybridized carbons (Fsp3) is 0.733. The number of hydrogen-bond acceptors (Lipinski definition) is 4. The van der Waals surface area contributed by atoms with Crippen LogP contribution in [0.25, 0.3) is 0 Å². The van der Waals surface area contributed by atoms with Crippen molar-refractivity contribution in [1.29, 1.82) is 0 Å². The first kappa shape index (κ1) is 15.0. The zero-order chi connectivity index (χ0) is 14.5. The van der Waals surface area contributed by atoms with Crippen molar-refractivity contribution < 1.29 is 9.32 Å². The molecule has 0 unspecified atom stereocenters. The van der Waals surface area contributed by atoms with Crippen LogP contribution in [0.5, 0.6) is 0 Å². The van der Waals surface area contributed by atoms with Crippen molar-refractivity contribution in [1.82, 2.24) is 15.0 Å². The second-order valence-corrected chi connectivity index (χ2v) is 5.56. The molecule has 1 fully saturated rings. The minimum atomic E-state index is 0.298. The van der Waals surface area contributed by atoms with E-state index in [0.717, 1.165) is 57.0 Å². The smallest absolute Gasteiger partial charge is 0.222 e. The maximum atomic E-state index is 12.0. The van der Waals surface area contributed by atoms with Gasteiger partial charge in [0.2, 0.25) is 5.91 Å². The van der Waals surface area contributed by atoms with E-state index in [1.807, 2.05) is 18.7 Å². The Hall–Kier alpha value is -1.36. The van der Waals surface area contributed by atoms with Crippen molar-refractivity contribution in [2.45, 2.75) is 46.6 Å². The summed E-state index contributed by atoms with van der Waals surface area (Å²) in [6.45, 7) is 10.6. The summed E-state index contributed by atoms with van der Waals surface area (Å²) in [5, 5.41) is 4.01. The molecule has 0 saturated carbocycles. The molecule has 20 heavy (non-hydrogen) atoms. The summed E-state index contributed by atoms with van der Waals surface area (Å²) in [4.78, 5) is 16.4. The Morgan fingerprint density at radius 1 is 1.25 bits per heavy atom. The van der Waals surface area contributed by atoms with E-state index in [9.17, 15) is 4.79 Å². The zero-order valence-corrected chi connectivity index (χ0v) is 12.8. The Balaban J connectivity index is 1.91. The van der Waals surface area contributed by atoms with Gasteiger partial charge in [0.15, 0.2) is 0 Å². The lowest BCUT2D eigenvalue weighted by Gasteiger charge is -2.21. The molecular weight excluding hydrogens is 254 g/mol. The van der Waals surface area contributed by atoms with E-state index in [4.69, 9.17) is 4.52 Å². The molecule has 0 N–H and O–H groups in total. The average Bonchev–Trinajstić information content (AvgIpc) is 2.65. The minimum Gasteiger partial charge on any atom is -0.361 e. The van der Waals surface area contributed by atoms with Gasteiger partial charge in [-0.3, -0.25) is 9.69 Å². The van der Waals surface area contributed by atoms with Crippen LogP contribution in [-0.4, -0.2) is 47.0 Å². The third-order valence-corrected chi connectivity index (χ3v) is 3.97. The van der Waals surface area contributed by atoms with Crippen molar-refractivity contribution >= 4 is 5.91 Å². The Kier molecular flexibility index (Phi) is 5.17. The topological polar surface area (TPSA) is 49.6 Å². The fourth-order valence-corrected chi connectivity index (χ4v) is 2.70. The van der Waals surface area contributed by atoms with Gasteiger partial charge < -0.3 is 9.42 Å². The first-order valence-corrected chi connectivity index (χ1v) is 7.53. The first-order valence-electron chi connectivity index (χ1n) is 7.53. The summed E-state index contributed by atoms with van der Waals surface area (Å²) < 4.78 is 5.22. The molecule has 0 bridgehead atoms. The predicted molar refractivity (Wildman–Crippen MR) is 77.4 cm³/mol. The summed E-state index contributed by atoms with van der Waals surface area (Å²) in [6, 6.07) is 0. The molecule has 0 atom stereocenters. The molecule has 2 rings (SSSR count). The lowest BCUT2D eigenvalue weighted by Crippen LogP contribution is -2.34. The molecule has 112 valence electrons. The number of rotatable bonds is 4. The van der Waals surface area contributed by atoms with E-state index in [-0.39, 0.29) is 0 Å². The van der Waals surface area contributed by atoms with Crippen molar-refractivity contribution in [3.63, 3.8) is 0 Å². The SMILES string of the molecule is CCCC(=O)N1CCCN(Cc2c(C)noc2C)CC1. The van der Waals surface area contributed by atoms with E-state index < -0.39 is 0 Å². The van der Waals surface area contributed by atoms with Crippen molar-refractivity contribution in [2.24, 2.45) is 0 Å². The molecule has 1 aliphatic rings. The van der Waals surface area contributed by atoms with Crippen molar-refractivity contribution in [2.75, 3.05) is 26.2 Å². The maximum absolute atomic E-state index is 12.0. The fourth-order valence-electron chi connectivity index (χ4n) is 2.70. The highest BCUT2D eigenvalue weighted by molar-refractivity contribution is 5.76. The van der Waals surface area contributed by atoms with Gasteiger partial charge in [0, 0.05) is 44.7 Å². The van der Waals surface area contributed by atoms with Gasteiger partial charge in [0.25, 0.3) is 0 Å². The van der Waals surface area contributed by atoms with Crippen molar-refractivity contribution in [3.05, 3.63) is 17.0 Å². The number of carbonyl (C=O) groups is 1. The molecule has 1 aromatic rings. The largest absolute Gasteiger partial charge is 0.361 e. The van der Waals surface area contributed by atoms with E-state index in [2.05, 4.69) is 17.0 Å². The van der Waals surface area contributed by atoms with Crippen LogP contribution in [0.3, 0.4) is 0 Å². The molecule has 1 amide bonds. The summed E-state index contributed by atoms with van der Waals surface area (Å²) >= 11 is 0. The monoisotopic (exact) mass is 279 g/mol. The molecule has 0 spiro atoms. The number of amides is 1. The minimum absolute atomic E-state index is 0.298. The Morgan fingerprint density at radius 2 is 2.05 bits per heavy atom. The standard InChI is InChI=1S/C15H25N3O2/c1-4-6-15(19)18-8-5-7-17(9-10-18)11-14-12(2)16-20-13(14)3/h4-11H2,1-3H3. The van der Waals surface area contributed by atoms with Crippen LogP contribution < -0.4 is 0 Å². The van der Waals surface area contributed by atoms with Crippen LogP contribution in [0.2, 0.25) is 0 Å². The quantitative estimate of drug-likeness (QED) is 0.847. The van der Waals surface area contributed by atoms with E-state index in [1.165, 1.54) is 5.56 Å². The third-order valence-electron chi connectivity index (χ3n) is 3.97. The van der Waals surface area contributed by atoms with Crippen LogP contribution in [0.4, 0.5) is 0 Å². The summed E-state index contributed by atoms with van der Waals surface area (Å²) in [5.74, 6) is 1.21.